The Labute approximate surface area is 116 Å². The van der Waals surface area contributed by atoms with Crippen molar-refractivity contribution in [3.63, 3.8) is 0 Å². The van der Waals surface area contributed by atoms with Crippen molar-refractivity contribution in [1.82, 2.24) is 10.2 Å². The van der Waals surface area contributed by atoms with E-state index >= 15 is 0 Å². The number of ether oxygens (including phenoxy) is 1. The molecule has 2 atom stereocenters. The van der Waals surface area contributed by atoms with E-state index < -0.39 is 30.7 Å². The Morgan fingerprint density at radius 3 is 2.85 bits per heavy atom. The Hall–Kier alpha value is -0.860. The second kappa shape index (κ2) is 7.80. The minimum Gasteiger partial charge on any atom is -0.389 e. The first-order valence-corrected chi connectivity index (χ1v) is 6.55. The Morgan fingerprint density at radius 2 is 2.25 bits per heavy atom. The summed E-state index contributed by atoms with van der Waals surface area (Å²) in [6.45, 7) is 0.348. The lowest BCUT2D eigenvalue weighted by Crippen LogP contribution is -2.47. The molecule has 0 bridgehead atoms. The number of nitrogens with one attached hydrogen (secondary N) is 1. The van der Waals surface area contributed by atoms with Crippen molar-refractivity contribution in [3.8, 4) is 0 Å². The first-order chi connectivity index (χ1) is 9.31. The highest BCUT2D eigenvalue weighted by atomic mass is 19.4. The van der Waals surface area contributed by atoms with E-state index in [2.05, 4.69) is 0 Å². The minimum atomic E-state index is -4.39. The number of carbonyl (C=O) groups is 1. The fraction of sp³-hybridized carbons (Fsp3) is 0.917. The SMILES string of the molecule is COC[C@@H](O)CN1CCC[C@H](C(=O)NCC(F)(F)F)C1. The van der Waals surface area contributed by atoms with Crippen LogP contribution in [0.25, 0.3) is 0 Å². The summed E-state index contributed by atoms with van der Waals surface area (Å²) >= 11 is 0. The number of alkyl halides is 3. The lowest BCUT2D eigenvalue weighted by atomic mass is 9.97. The van der Waals surface area contributed by atoms with Crippen LogP contribution in [0.4, 0.5) is 13.2 Å². The van der Waals surface area contributed by atoms with Gasteiger partial charge in [-0.15, -0.1) is 0 Å². The lowest BCUT2D eigenvalue weighted by Gasteiger charge is -2.33. The van der Waals surface area contributed by atoms with Gasteiger partial charge in [-0.3, -0.25) is 9.69 Å². The first-order valence-electron chi connectivity index (χ1n) is 6.55. The number of β-amino-alcohol motifs (C(OH)–C–C–N with tert-alkyl or cyclic N) is 1. The van der Waals surface area contributed by atoms with E-state index in [1.165, 1.54) is 7.11 Å². The highest BCUT2D eigenvalue weighted by Gasteiger charge is 2.31. The third-order valence-corrected chi connectivity index (χ3v) is 3.17. The molecule has 0 saturated carbocycles. The molecule has 8 heteroatoms. The number of aliphatic hydroxyl groups excluding tert-OH is 1. The van der Waals surface area contributed by atoms with Crippen LogP contribution in [0.5, 0.6) is 0 Å². The van der Waals surface area contributed by atoms with Crippen LogP contribution in [0.2, 0.25) is 0 Å². The summed E-state index contributed by atoms with van der Waals surface area (Å²) in [6, 6.07) is 0. The van der Waals surface area contributed by atoms with Gasteiger partial charge in [-0.1, -0.05) is 0 Å². The third kappa shape index (κ3) is 6.53. The Bertz CT molecular complexity index is 313. The van der Waals surface area contributed by atoms with Crippen LogP contribution < -0.4 is 5.32 Å². The molecule has 5 nitrogen and oxygen atoms in total. The number of methoxy groups -OCH3 is 1. The number of hydrogen-bond acceptors (Lipinski definition) is 4. The van der Waals surface area contributed by atoms with Gasteiger partial charge < -0.3 is 15.2 Å². The number of amides is 1. The number of carbonyl (C=O) groups excluding carboxylic acids is 1. The fourth-order valence-corrected chi connectivity index (χ4v) is 2.31. The largest absolute Gasteiger partial charge is 0.405 e. The average molecular weight is 298 g/mol. The van der Waals surface area contributed by atoms with Crippen LogP contribution in [0.15, 0.2) is 0 Å². The molecule has 1 saturated heterocycles. The molecule has 118 valence electrons. The minimum absolute atomic E-state index is 0.196. The van der Waals surface area contributed by atoms with Crippen LogP contribution >= 0.6 is 0 Å². The molecule has 1 aliphatic rings. The fourth-order valence-electron chi connectivity index (χ4n) is 2.31. The van der Waals surface area contributed by atoms with Gasteiger partial charge in [0.2, 0.25) is 5.91 Å². The van der Waals surface area contributed by atoms with Gasteiger partial charge in [-0.25, -0.2) is 0 Å². The van der Waals surface area contributed by atoms with Crippen molar-refractivity contribution in [2.75, 3.05) is 39.9 Å². The molecule has 1 amide bonds. The summed E-state index contributed by atoms with van der Waals surface area (Å²) in [5.41, 5.74) is 0. The molecule has 20 heavy (non-hydrogen) atoms. The molecule has 1 aliphatic heterocycles. The lowest BCUT2D eigenvalue weighted by molar-refractivity contribution is -0.142. The summed E-state index contributed by atoms with van der Waals surface area (Å²) in [5, 5.41) is 11.5. The third-order valence-electron chi connectivity index (χ3n) is 3.17. The van der Waals surface area contributed by atoms with E-state index in [9.17, 15) is 23.1 Å². The topological polar surface area (TPSA) is 61.8 Å². The van der Waals surface area contributed by atoms with Crippen molar-refractivity contribution in [2.45, 2.75) is 25.1 Å². The zero-order chi connectivity index (χ0) is 15.2. The molecule has 0 aliphatic carbocycles. The van der Waals surface area contributed by atoms with Crippen LogP contribution in [-0.2, 0) is 9.53 Å². The molecule has 0 radical (unpaired) electrons. The van der Waals surface area contributed by atoms with Gasteiger partial charge in [0.15, 0.2) is 0 Å². The van der Waals surface area contributed by atoms with Crippen LogP contribution in [0, 0.1) is 5.92 Å². The number of likely N-dealkylation sites (tertiary alicyclic amines) is 1. The maximum absolute atomic E-state index is 12.0. The zero-order valence-corrected chi connectivity index (χ0v) is 11.4. The van der Waals surface area contributed by atoms with Crippen molar-refractivity contribution < 1.29 is 27.8 Å². The standard InChI is InChI=1S/C12H21F3N2O3/c1-20-7-10(18)6-17-4-2-3-9(5-17)11(19)16-8-12(13,14)15/h9-10,18H,2-8H2,1H3,(H,16,19)/t9-,10-/m0/s1. The molecular weight excluding hydrogens is 277 g/mol. The molecular formula is C12H21F3N2O3. The van der Waals surface area contributed by atoms with E-state index in [0.29, 0.717) is 19.5 Å². The normalized spacial score (nSPS) is 22.6. The summed E-state index contributed by atoms with van der Waals surface area (Å²) in [4.78, 5) is 13.6. The molecule has 0 unspecified atom stereocenters. The zero-order valence-electron chi connectivity index (χ0n) is 11.4. The molecule has 2 N–H and O–H groups in total. The van der Waals surface area contributed by atoms with Crippen molar-refractivity contribution >= 4 is 5.91 Å². The number of rotatable bonds is 6. The highest BCUT2D eigenvalue weighted by Crippen LogP contribution is 2.18. The Morgan fingerprint density at radius 1 is 1.55 bits per heavy atom. The average Bonchev–Trinajstić information content (AvgIpc) is 2.35. The molecule has 0 aromatic heterocycles. The molecule has 0 spiro atoms. The molecule has 0 aromatic carbocycles. The Balaban J connectivity index is 2.38. The van der Waals surface area contributed by atoms with Gasteiger partial charge in [-0.05, 0) is 19.4 Å². The van der Waals surface area contributed by atoms with Gasteiger partial charge in [0.25, 0.3) is 0 Å². The van der Waals surface area contributed by atoms with Crippen molar-refractivity contribution in [2.24, 2.45) is 5.92 Å². The van der Waals surface area contributed by atoms with Crippen LogP contribution in [0.3, 0.4) is 0 Å². The van der Waals surface area contributed by atoms with E-state index in [1.54, 1.807) is 0 Å². The molecule has 1 fully saturated rings. The summed E-state index contributed by atoms with van der Waals surface area (Å²) in [6.07, 6.45) is -3.75. The number of halogens is 3. The Kier molecular flexibility index (Phi) is 6.70. The molecule has 1 heterocycles. The van der Waals surface area contributed by atoms with E-state index in [4.69, 9.17) is 4.74 Å². The van der Waals surface area contributed by atoms with Crippen LogP contribution in [-0.4, -0.2) is 68.1 Å². The van der Waals surface area contributed by atoms with Crippen LogP contribution in [0.1, 0.15) is 12.8 Å². The maximum Gasteiger partial charge on any atom is 0.405 e. The smallest absolute Gasteiger partial charge is 0.389 e. The maximum atomic E-state index is 12.0. The summed E-state index contributed by atoms with van der Waals surface area (Å²) in [7, 11) is 1.48. The van der Waals surface area contributed by atoms with E-state index in [0.717, 1.165) is 13.0 Å². The molecule has 1 rings (SSSR count). The number of nitrogens with zero attached hydrogens (tertiary/aromatic N) is 1. The number of hydrogen-bond donors (Lipinski definition) is 2. The van der Waals surface area contributed by atoms with Crippen molar-refractivity contribution in [1.29, 1.82) is 0 Å². The number of piperidine rings is 1. The second-order valence-corrected chi connectivity index (χ2v) is 5.04. The van der Waals surface area contributed by atoms with E-state index in [-0.39, 0.29) is 6.61 Å². The molecule has 0 aromatic rings. The van der Waals surface area contributed by atoms with Gasteiger partial charge in [0, 0.05) is 20.2 Å². The summed E-state index contributed by atoms with van der Waals surface area (Å²) < 4.78 is 40.9. The predicted octanol–water partition coefficient (Wildman–Crippen LogP) is 0.384. The quantitative estimate of drug-likeness (QED) is 0.744. The van der Waals surface area contributed by atoms with Gasteiger partial charge >= 0.3 is 6.18 Å². The monoisotopic (exact) mass is 298 g/mol. The second-order valence-electron chi connectivity index (χ2n) is 5.04. The highest BCUT2D eigenvalue weighted by molar-refractivity contribution is 5.79. The van der Waals surface area contributed by atoms with E-state index in [1.807, 2.05) is 10.2 Å². The van der Waals surface area contributed by atoms with Crippen molar-refractivity contribution in [3.05, 3.63) is 0 Å². The van der Waals surface area contributed by atoms with Gasteiger partial charge in [0.05, 0.1) is 18.6 Å². The number of aliphatic hydroxyl groups is 1. The predicted molar refractivity (Wildman–Crippen MR) is 66.1 cm³/mol. The summed E-state index contributed by atoms with van der Waals surface area (Å²) in [5.74, 6) is -1.03. The first kappa shape index (κ1) is 17.2. The van der Waals surface area contributed by atoms with Gasteiger partial charge in [-0.2, -0.15) is 13.2 Å². The van der Waals surface area contributed by atoms with Gasteiger partial charge in [0.1, 0.15) is 6.54 Å².